The number of hydrogen-bond acceptors (Lipinski definition) is 2. The molecule has 1 aromatic heterocycles. The first kappa shape index (κ1) is 8.78. The predicted molar refractivity (Wildman–Crippen MR) is 56.7 cm³/mol. The molecule has 0 fully saturated rings. The topological polar surface area (TPSA) is 25.2 Å². The molecule has 1 heterocycles. The number of fused-ring (bicyclic) bond motifs is 1. The molecular formula is C10H10BrNO. The van der Waals surface area contributed by atoms with Gasteiger partial charge in [-0.25, -0.2) is 0 Å². The second-order valence-electron chi connectivity index (χ2n) is 2.89. The second-order valence-corrected chi connectivity index (χ2v) is 3.75. The van der Waals surface area contributed by atoms with Crippen LogP contribution in [0.4, 0.5) is 0 Å². The van der Waals surface area contributed by atoms with Gasteiger partial charge in [0.1, 0.15) is 11.3 Å². The maximum absolute atomic E-state index is 5.60. The Kier molecular flexibility index (Phi) is 2.38. The Morgan fingerprint density at radius 3 is 3.00 bits per heavy atom. The highest BCUT2D eigenvalue weighted by molar-refractivity contribution is 9.10. The average molecular weight is 240 g/mol. The number of nitrogens with one attached hydrogen (secondary N) is 1. The molecule has 3 heteroatoms. The fourth-order valence-corrected chi connectivity index (χ4v) is 1.80. The van der Waals surface area contributed by atoms with Gasteiger partial charge >= 0.3 is 0 Å². The van der Waals surface area contributed by atoms with Crippen molar-refractivity contribution in [1.29, 1.82) is 0 Å². The van der Waals surface area contributed by atoms with E-state index in [1.807, 2.05) is 25.2 Å². The summed E-state index contributed by atoms with van der Waals surface area (Å²) < 4.78 is 6.68. The molecule has 1 aromatic carbocycles. The van der Waals surface area contributed by atoms with Crippen molar-refractivity contribution in [2.45, 2.75) is 6.54 Å². The Balaban J connectivity index is 2.55. The van der Waals surface area contributed by atoms with Crippen molar-refractivity contribution in [3.63, 3.8) is 0 Å². The lowest BCUT2D eigenvalue weighted by molar-refractivity contribution is 0.531. The third-order valence-electron chi connectivity index (χ3n) is 1.91. The largest absolute Gasteiger partial charge is 0.460 e. The smallest absolute Gasteiger partial charge is 0.135 e. The van der Waals surface area contributed by atoms with Crippen molar-refractivity contribution in [3.05, 3.63) is 34.5 Å². The number of benzene rings is 1. The molecule has 13 heavy (non-hydrogen) atoms. The van der Waals surface area contributed by atoms with Crippen LogP contribution in [-0.4, -0.2) is 7.05 Å². The van der Waals surface area contributed by atoms with Crippen LogP contribution < -0.4 is 5.32 Å². The summed E-state index contributed by atoms with van der Waals surface area (Å²) >= 11 is 3.48. The first-order valence-corrected chi connectivity index (χ1v) is 4.92. The Bertz CT molecular complexity index is 422. The minimum absolute atomic E-state index is 0.765. The molecular weight excluding hydrogens is 230 g/mol. The summed E-state index contributed by atoms with van der Waals surface area (Å²) in [5.41, 5.74) is 0.930. The summed E-state index contributed by atoms with van der Waals surface area (Å²) in [6.45, 7) is 0.765. The van der Waals surface area contributed by atoms with Gasteiger partial charge in [-0.15, -0.1) is 0 Å². The molecule has 0 bridgehead atoms. The summed E-state index contributed by atoms with van der Waals surface area (Å²) in [7, 11) is 1.90. The normalized spacial score (nSPS) is 10.9. The molecule has 0 unspecified atom stereocenters. The number of rotatable bonds is 2. The molecule has 1 N–H and O–H groups in total. The second kappa shape index (κ2) is 3.52. The van der Waals surface area contributed by atoms with Gasteiger partial charge in [0.2, 0.25) is 0 Å². The van der Waals surface area contributed by atoms with Crippen LogP contribution in [0.2, 0.25) is 0 Å². The van der Waals surface area contributed by atoms with E-state index < -0.39 is 0 Å². The highest BCUT2D eigenvalue weighted by Crippen LogP contribution is 2.26. The van der Waals surface area contributed by atoms with Crippen LogP contribution in [0, 0.1) is 0 Å². The van der Waals surface area contributed by atoms with Gasteiger partial charge in [-0.05, 0) is 25.2 Å². The van der Waals surface area contributed by atoms with Crippen LogP contribution in [0.25, 0.3) is 11.0 Å². The standard InChI is InChI=1S/C10H10BrNO/c1-12-6-7-5-8-9(11)3-2-4-10(8)13-7/h2-5,12H,6H2,1H3. The lowest BCUT2D eigenvalue weighted by atomic mass is 10.2. The number of furan rings is 1. The zero-order valence-corrected chi connectivity index (χ0v) is 8.89. The molecule has 0 spiro atoms. The predicted octanol–water partition coefficient (Wildman–Crippen LogP) is 2.91. The summed E-state index contributed by atoms with van der Waals surface area (Å²) in [5.74, 6) is 0.962. The van der Waals surface area contributed by atoms with E-state index in [2.05, 4.69) is 27.3 Å². The van der Waals surface area contributed by atoms with Gasteiger partial charge in [0.05, 0.1) is 6.54 Å². The van der Waals surface area contributed by atoms with E-state index in [1.165, 1.54) is 0 Å². The van der Waals surface area contributed by atoms with Gasteiger partial charge in [-0.2, -0.15) is 0 Å². The number of halogens is 1. The van der Waals surface area contributed by atoms with Gasteiger partial charge in [-0.3, -0.25) is 0 Å². The van der Waals surface area contributed by atoms with E-state index in [0.29, 0.717) is 0 Å². The van der Waals surface area contributed by atoms with Crippen LogP contribution in [0.1, 0.15) is 5.76 Å². The minimum Gasteiger partial charge on any atom is -0.460 e. The van der Waals surface area contributed by atoms with Gasteiger partial charge in [0, 0.05) is 9.86 Å². The van der Waals surface area contributed by atoms with E-state index in [9.17, 15) is 0 Å². The van der Waals surface area contributed by atoms with Gasteiger partial charge in [-0.1, -0.05) is 22.0 Å². The van der Waals surface area contributed by atoms with Crippen molar-refractivity contribution < 1.29 is 4.42 Å². The highest BCUT2D eigenvalue weighted by atomic mass is 79.9. The molecule has 0 saturated carbocycles. The zero-order chi connectivity index (χ0) is 9.26. The SMILES string of the molecule is CNCc1cc2c(Br)cccc2o1. The third-order valence-corrected chi connectivity index (χ3v) is 2.60. The van der Waals surface area contributed by atoms with Crippen molar-refractivity contribution in [2.75, 3.05) is 7.05 Å². The molecule has 0 aliphatic heterocycles. The highest BCUT2D eigenvalue weighted by Gasteiger charge is 2.04. The van der Waals surface area contributed by atoms with Crippen molar-refractivity contribution in [3.8, 4) is 0 Å². The Morgan fingerprint density at radius 1 is 1.46 bits per heavy atom. The monoisotopic (exact) mass is 239 g/mol. The molecule has 0 aliphatic rings. The Labute approximate surface area is 85.1 Å². The Hall–Kier alpha value is -0.800. The quantitative estimate of drug-likeness (QED) is 0.872. The van der Waals surface area contributed by atoms with Crippen LogP contribution in [-0.2, 0) is 6.54 Å². The molecule has 2 aromatic rings. The van der Waals surface area contributed by atoms with E-state index in [-0.39, 0.29) is 0 Å². The molecule has 0 atom stereocenters. The molecule has 0 saturated heterocycles. The average Bonchev–Trinajstić information content (AvgIpc) is 2.49. The fourth-order valence-electron chi connectivity index (χ4n) is 1.34. The summed E-state index contributed by atoms with van der Waals surface area (Å²) in [4.78, 5) is 0. The van der Waals surface area contributed by atoms with E-state index in [1.54, 1.807) is 0 Å². The van der Waals surface area contributed by atoms with E-state index in [0.717, 1.165) is 27.7 Å². The maximum Gasteiger partial charge on any atom is 0.135 e. The molecule has 2 nitrogen and oxygen atoms in total. The van der Waals surface area contributed by atoms with Crippen molar-refractivity contribution in [2.24, 2.45) is 0 Å². The van der Waals surface area contributed by atoms with Gasteiger partial charge < -0.3 is 9.73 Å². The van der Waals surface area contributed by atoms with Crippen LogP contribution >= 0.6 is 15.9 Å². The molecule has 2 rings (SSSR count). The third kappa shape index (κ3) is 1.62. The van der Waals surface area contributed by atoms with Crippen molar-refractivity contribution >= 4 is 26.9 Å². The fraction of sp³-hybridized carbons (Fsp3) is 0.200. The van der Waals surface area contributed by atoms with Crippen LogP contribution in [0.15, 0.2) is 33.2 Å². The summed E-state index contributed by atoms with van der Waals surface area (Å²) in [5, 5.41) is 4.19. The molecule has 0 aliphatic carbocycles. The lowest BCUT2D eigenvalue weighted by Gasteiger charge is -1.90. The minimum atomic E-state index is 0.765. The van der Waals surface area contributed by atoms with E-state index in [4.69, 9.17) is 4.42 Å². The van der Waals surface area contributed by atoms with Gasteiger partial charge in [0.25, 0.3) is 0 Å². The van der Waals surface area contributed by atoms with Crippen LogP contribution in [0.3, 0.4) is 0 Å². The molecule has 0 radical (unpaired) electrons. The maximum atomic E-state index is 5.60. The first-order chi connectivity index (χ1) is 6.31. The summed E-state index contributed by atoms with van der Waals surface area (Å²) in [6.07, 6.45) is 0. The molecule has 68 valence electrons. The van der Waals surface area contributed by atoms with E-state index >= 15 is 0 Å². The summed E-state index contributed by atoms with van der Waals surface area (Å²) in [6, 6.07) is 8.01. The van der Waals surface area contributed by atoms with Gasteiger partial charge in [0.15, 0.2) is 0 Å². The first-order valence-electron chi connectivity index (χ1n) is 4.13. The Morgan fingerprint density at radius 2 is 2.31 bits per heavy atom. The van der Waals surface area contributed by atoms with Crippen LogP contribution in [0.5, 0.6) is 0 Å². The lowest BCUT2D eigenvalue weighted by Crippen LogP contribution is -2.03. The van der Waals surface area contributed by atoms with Crippen molar-refractivity contribution in [1.82, 2.24) is 5.32 Å². The molecule has 0 amide bonds. The number of hydrogen-bond donors (Lipinski definition) is 1. The zero-order valence-electron chi connectivity index (χ0n) is 7.30.